The number of carboxylic acids is 1. The van der Waals surface area contributed by atoms with Crippen molar-refractivity contribution in [1.82, 2.24) is 25.2 Å². The van der Waals surface area contributed by atoms with Gasteiger partial charge in [0.1, 0.15) is 0 Å². The maximum absolute atomic E-state index is 11.8. The van der Waals surface area contributed by atoms with Crippen molar-refractivity contribution in [3.05, 3.63) is 42.1 Å². The van der Waals surface area contributed by atoms with E-state index in [-0.39, 0.29) is 6.54 Å². The molecule has 0 radical (unpaired) electrons. The van der Waals surface area contributed by atoms with Crippen molar-refractivity contribution < 1.29 is 18.3 Å². The van der Waals surface area contributed by atoms with Crippen LogP contribution in [0.4, 0.5) is 5.13 Å². The van der Waals surface area contributed by atoms with Crippen LogP contribution in [0.25, 0.3) is 16.3 Å². The fourth-order valence-electron chi connectivity index (χ4n) is 3.08. The molecule has 4 rings (SSSR count). The topological polar surface area (TPSA) is 131 Å². The van der Waals surface area contributed by atoms with Gasteiger partial charge in [-0.2, -0.15) is 4.80 Å². The highest BCUT2D eigenvalue weighted by molar-refractivity contribution is 7.90. The predicted molar refractivity (Wildman–Crippen MR) is 111 cm³/mol. The number of anilines is 1. The van der Waals surface area contributed by atoms with Gasteiger partial charge in [0.2, 0.25) is 5.82 Å². The lowest BCUT2D eigenvalue weighted by atomic mass is 10.00. The van der Waals surface area contributed by atoms with Crippen molar-refractivity contribution in [3.63, 3.8) is 0 Å². The summed E-state index contributed by atoms with van der Waals surface area (Å²) in [6.07, 6.45) is 5.69. The van der Waals surface area contributed by atoms with Crippen LogP contribution in [0.2, 0.25) is 0 Å². The lowest BCUT2D eigenvalue weighted by Crippen LogP contribution is -2.28. The summed E-state index contributed by atoms with van der Waals surface area (Å²) in [5.41, 5.74) is 2.02. The Morgan fingerprint density at radius 2 is 2.17 bits per heavy atom. The van der Waals surface area contributed by atoms with Crippen LogP contribution in [0.15, 0.2) is 41.4 Å². The first kappa shape index (κ1) is 20.2. The van der Waals surface area contributed by atoms with Gasteiger partial charge in [-0.3, -0.25) is 4.79 Å². The summed E-state index contributed by atoms with van der Waals surface area (Å²) >= 11 is 1.41. The molecule has 156 valence electrons. The van der Waals surface area contributed by atoms with E-state index in [1.165, 1.54) is 17.6 Å². The minimum Gasteiger partial charge on any atom is -0.480 e. The summed E-state index contributed by atoms with van der Waals surface area (Å²) < 4.78 is 23.6. The Hall–Kier alpha value is -3.12. The Kier molecular flexibility index (Phi) is 5.35. The zero-order chi connectivity index (χ0) is 21.3. The SMILES string of the molecule is CS(=O)(=O)c1cccc(C2=CCN(c3ncc(-c4nnn(CC(=O)O)n4)s3)CC2)c1. The molecule has 1 aliphatic rings. The molecule has 0 aliphatic carbocycles. The van der Waals surface area contributed by atoms with Crippen LogP contribution in [0, 0.1) is 0 Å². The van der Waals surface area contributed by atoms with Gasteiger partial charge in [-0.1, -0.05) is 29.5 Å². The van der Waals surface area contributed by atoms with E-state index in [1.807, 2.05) is 6.07 Å². The summed E-state index contributed by atoms with van der Waals surface area (Å²) in [5.74, 6) is -0.701. The highest BCUT2D eigenvalue weighted by Gasteiger charge is 2.19. The molecule has 0 amide bonds. The first-order valence-corrected chi connectivity index (χ1v) is 11.7. The molecule has 0 atom stereocenters. The number of hydrogen-bond donors (Lipinski definition) is 1. The van der Waals surface area contributed by atoms with Crippen molar-refractivity contribution in [2.75, 3.05) is 24.2 Å². The Balaban J connectivity index is 1.48. The van der Waals surface area contributed by atoms with Gasteiger partial charge in [-0.25, -0.2) is 13.4 Å². The highest BCUT2D eigenvalue weighted by atomic mass is 32.2. The van der Waals surface area contributed by atoms with Gasteiger partial charge in [0, 0.05) is 19.3 Å². The number of benzene rings is 1. The molecule has 12 heteroatoms. The predicted octanol–water partition coefficient (Wildman–Crippen LogP) is 1.58. The van der Waals surface area contributed by atoms with Gasteiger partial charge in [0.15, 0.2) is 21.5 Å². The molecule has 0 saturated heterocycles. The number of sulfone groups is 1. The van der Waals surface area contributed by atoms with Gasteiger partial charge in [-0.05, 0) is 34.9 Å². The maximum Gasteiger partial charge on any atom is 0.327 e. The van der Waals surface area contributed by atoms with E-state index in [2.05, 4.69) is 31.4 Å². The number of aliphatic carboxylic acids is 1. The van der Waals surface area contributed by atoms with Gasteiger partial charge in [0.25, 0.3) is 0 Å². The molecule has 1 N–H and O–H groups in total. The number of aromatic nitrogens is 5. The lowest BCUT2D eigenvalue weighted by molar-refractivity contribution is -0.138. The third kappa shape index (κ3) is 4.39. The molecular weight excluding hydrogens is 428 g/mol. The van der Waals surface area contributed by atoms with E-state index in [0.717, 1.165) is 34.0 Å². The second-order valence-corrected chi connectivity index (χ2v) is 9.79. The number of rotatable bonds is 6. The Morgan fingerprint density at radius 1 is 1.33 bits per heavy atom. The molecule has 30 heavy (non-hydrogen) atoms. The molecular formula is C18H18N6O4S2. The number of nitrogens with zero attached hydrogens (tertiary/aromatic N) is 6. The summed E-state index contributed by atoms with van der Waals surface area (Å²) in [6.45, 7) is 1.03. The monoisotopic (exact) mass is 446 g/mol. The number of carboxylic acid groups (broad SMARTS) is 1. The van der Waals surface area contributed by atoms with Crippen molar-refractivity contribution in [3.8, 4) is 10.7 Å². The van der Waals surface area contributed by atoms with Crippen LogP contribution in [-0.4, -0.2) is 64.0 Å². The number of hydrogen-bond acceptors (Lipinski definition) is 9. The zero-order valence-electron chi connectivity index (χ0n) is 16.0. The summed E-state index contributed by atoms with van der Waals surface area (Å²) in [4.78, 5) is 19.3. The molecule has 0 bridgehead atoms. The largest absolute Gasteiger partial charge is 0.480 e. The zero-order valence-corrected chi connectivity index (χ0v) is 17.6. The first-order chi connectivity index (χ1) is 14.3. The normalized spacial score (nSPS) is 14.6. The van der Waals surface area contributed by atoms with Crippen molar-refractivity contribution in [2.24, 2.45) is 0 Å². The van der Waals surface area contributed by atoms with Crippen LogP contribution < -0.4 is 4.90 Å². The van der Waals surface area contributed by atoms with E-state index < -0.39 is 15.8 Å². The van der Waals surface area contributed by atoms with Crippen molar-refractivity contribution in [2.45, 2.75) is 17.9 Å². The molecule has 0 unspecified atom stereocenters. The molecule has 2 aromatic heterocycles. The van der Waals surface area contributed by atoms with E-state index in [4.69, 9.17) is 5.11 Å². The molecule has 3 heterocycles. The fraction of sp³-hybridized carbons (Fsp3) is 0.278. The van der Waals surface area contributed by atoms with Gasteiger partial charge < -0.3 is 10.0 Å². The first-order valence-electron chi connectivity index (χ1n) is 9.00. The molecule has 10 nitrogen and oxygen atoms in total. The van der Waals surface area contributed by atoms with Crippen LogP contribution in [0.5, 0.6) is 0 Å². The average Bonchev–Trinajstić information content (AvgIpc) is 3.37. The molecule has 0 spiro atoms. The highest BCUT2D eigenvalue weighted by Crippen LogP contribution is 2.32. The average molecular weight is 447 g/mol. The third-order valence-corrected chi connectivity index (χ3v) is 6.72. The summed E-state index contributed by atoms with van der Waals surface area (Å²) in [5, 5.41) is 21.3. The second kappa shape index (κ2) is 7.95. The number of tetrazole rings is 1. The lowest BCUT2D eigenvalue weighted by Gasteiger charge is -2.26. The molecule has 3 aromatic rings. The maximum atomic E-state index is 11.8. The van der Waals surface area contributed by atoms with Crippen molar-refractivity contribution in [1.29, 1.82) is 0 Å². The number of thiazole rings is 1. The van der Waals surface area contributed by atoms with Gasteiger partial charge in [0.05, 0.1) is 16.0 Å². The molecule has 0 fully saturated rings. The van der Waals surface area contributed by atoms with E-state index in [0.29, 0.717) is 22.1 Å². The number of carbonyl (C=O) groups is 1. The Labute approximate surface area is 176 Å². The fourth-order valence-corrected chi connectivity index (χ4v) is 4.62. The van der Waals surface area contributed by atoms with Crippen LogP contribution in [0.1, 0.15) is 12.0 Å². The van der Waals surface area contributed by atoms with E-state index in [1.54, 1.807) is 24.4 Å². The van der Waals surface area contributed by atoms with E-state index in [9.17, 15) is 13.2 Å². The molecule has 1 aromatic carbocycles. The van der Waals surface area contributed by atoms with Crippen LogP contribution in [-0.2, 0) is 21.2 Å². The van der Waals surface area contributed by atoms with E-state index >= 15 is 0 Å². The van der Waals surface area contributed by atoms with Crippen molar-refractivity contribution >= 4 is 37.8 Å². The summed E-state index contributed by atoms with van der Waals surface area (Å²) in [6, 6.07) is 7.00. The second-order valence-electron chi connectivity index (χ2n) is 6.77. The van der Waals surface area contributed by atoms with Crippen LogP contribution >= 0.6 is 11.3 Å². The third-order valence-electron chi connectivity index (χ3n) is 4.56. The smallest absolute Gasteiger partial charge is 0.327 e. The van der Waals surface area contributed by atoms with Gasteiger partial charge in [-0.15, -0.1) is 10.2 Å². The standard InChI is InChI=1S/C18H18N6O4S2/c1-30(27,28)14-4-2-3-13(9-14)12-5-7-23(8-6-12)18-19-10-15(29-18)17-20-22-24(21-17)11-16(25)26/h2-5,9-10H,6-8,11H2,1H3,(H,25,26). The quantitative estimate of drug-likeness (QED) is 0.599. The van der Waals surface area contributed by atoms with Crippen LogP contribution in [0.3, 0.4) is 0 Å². The minimum absolute atomic E-state index is 0.316. The molecule has 1 aliphatic heterocycles. The molecule has 0 saturated carbocycles. The van der Waals surface area contributed by atoms with Gasteiger partial charge >= 0.3 is 5.97 Å². The Bertz CT molecular complexity index is 1230. The summed E-state index contributed by atoms with van der Waals surface area (Å²) in [7, 11) is -3.24. The Morgan fingerprint density at radius 3 is 2.87 bits per heavy atom. The minimum atomic E-state index is -3.24.